The zero-order valence-electron chi connectivity index (χ0n) is 39.3. The molecule has 0 spiro atoms. The summed E-state index contributed by atoms with van der Waals surface area (Å²) in [4.78, 5) is 4.61. The summed E-state index contributed by atoms with van der Waals surface area (Å²) in [5, 5.41) is 35.5. The predicted octanol–water partition coefficient (Wildman–Crippen LogP) is 8.04. The smallest absolute Gasteiger partial charge is 0.256 e. The van der Waals surface area contributed by atoms with E-state index in [-0.39, 0.29) is 20.1 Å². The van der Waals surface area contributed by atoms with Crippen molar-refractivity contribution in [1.29, 1.82) is 15.8 Å². The molecule has 0 aliphatic carbocycles. The van der Waals surface area contributed by atoms with Crippen LogP contribution < -0.4 is 77.6 Å². The number of ether oxygens (including phenoxy) is 1. The van der Waals surface area contributed by atoms with Crippen molar-refractivity contribution in [1.82, 2.24) is 0 Å². The number of nitrogens with zero attached hydrogens (tertiary/aromatic N) is 7. The molecule has 0 atom stereocenters. The van der Waals surface area contributed by atoms with Crippen molar-refractivity contribution in [3.63, 3.8) is 0 Å². The molecule has 0 radical (unpaired) electrons. The normalized spacial score (nSPS) is 14.0. The van der Waals surface area contributed by atoms with Crippen molar-refractivity contribution in [2.45, 2.75) is 0 Å². The molecule has 338 valence electrons. The maximum Gasteiger partial charge on any atom is 0.256 e. The topological polar surface area (TPSA) is 106 Å². The van der Waals surface area contributed by atoms with E-state index in [0.29, 0.717) is 22.4 Å². The average Bonchev–Trinajstić information content (AvgIpc) is 3.45. The van der Waals surface area contributed by atoms with Crippen LogP contribution in [0.25, 0.3) is 0 Å². The van der Waals surface area contributed by atoms with Crippen LogP contribution in [0.3, 0.4) is 0 Å². The van der Waals surface area contributed by atoms with Crippen LogP contribution in [0, 0.1) is 34.0 Å². The van der Waals surface area contributed by atoms with Crippen molar-refractivity contribution >= 4 is 161 Å². The molecule has 0 bridgehead atoms. The van der Waals surface area contributed by atoms with Crippen LogP contribution in [-0.2, 0) is 0 Å². The quantitative estimate of drug-likeness (QED) is 0.137. The first-order valence-corrected chi connectivity index (χ1v) is 26.5. The van der Waals surface area contributed by atoms with Crippen LogP contribution in [-0.4, -0.2) is 32.6 Å². The van der Waals surface area contributed by atoms with Gasteiger partial charge in [0.1, 0.15) is 11.5 Å². The second-order valence-corrected chi connectivity index (χ2v) is 20.5. The first kappa shape index (κ1) is 41.9. The van der Waals surface area contributed by atoms with Crippen LogP contribution in [0.5, 0.6) is 11.5 Å². The highest BCUT2D eigenvalue weighted by Crippen LogP contribution is 2.47. The standard InChI is InChI=1S/C59H35B3N8OS2/c1-72-69-49-29-45-41(60-39-17-9-11-19-47(39)67(37-13-5-3-6-14-37)51-22-34(31-63)21-46(66-45)57(51)60)27-42(49)62-44-28-43-50(30-55(44)71-56-26-36(33-65)25-54(69)59(56)62)70(73-2)53-24-35(32-64)23-52-58(53)61(43)40-18-10-12-20-48(40)68(52)38-15-7-4-8-16-38/h3-30,66H,1-2H3. The van der Waals surface area contributed by atoms with E-state index in [2.05, 4.69) is 176 Å². The van der Waals surface area contributed by atoms with Gasteiger partial charge in [0.05, 0.1) is 52.0 Å². The highest BCUT2D eigenvalue weighted by molar-refractivity contribution is 8.00. The molecule has 9 aromatic carbocycles. The highest BCUT2D eigenvalue weighted by atomic mass is 32.2. The lowest BCUT2D eigenvalue weighted by Gasteiger charge is -2.45. The van der Waals surface area contributed by atoms with Gasteiger partial charge >= 0.3 is 0 Å². The zero-order chi connectivity index (χ0) is 48.8. The summed E-state index contributed by atoms with van der Waals surface area (Å²) in [7, 11) is 0. The predicted molar refractivity (Wildman–Crippen MR) is 304 cm³/mol. The fraction of sp³-hybridized carbons (Fsp3) is 0.0339. The van der Waals surface area contributed by atoms with Crippen molar-refractivity contribution in [3.8, 4) is 29.7 Å². The Bertz CT molecular complexity index is 4080. The minimum atomic E-state index is -0.277. The monoisotopic (exact) mass is 968 g/mol. The number of nitrogens with one attached hydrogen (secondary N) is 1. The van der Waals surface area contributed by atoms with E-state index in [1.807, 2.05) is 48.5 Å². The van der Waals surface area contributed by atoms with Crippen molar-refractivity contribution in [2.24, 2.45) is 0 Å². The van der Waals surface area contributed by atoms with E-state index >= 15 is 0 Å². The largest absolute Gasteiger partial charge is 0.458 e. The summed E-state index contributed by atoms with van der Waals surface area (Å²) in [5.41, 5.74) is 23.7. The minimum absolute atomic E-state index is 0.155. The van der Waals surface area contributed by atoms with E-state index in [0.717, 1.165) is 112 Å². The van der Waals surface area contributed by atoms with Gasteiger partial charge in [0.2, 0.25) is 0 Å². The van der Waals surface area contributed by atoms with Gasteiger partial charge in [-0.25, -0.2) is 0 Å². The van der Waals surface area contributed by atoms with Crippen molar-refractivity contribution in [3.05, 3.63) is 187 Å². The van der Waals surface area contributed by atoms with Gasteiger partial charge in [-0.2, -0.15) is 15.8 Å². The maximum atomic E-state index is 10.6. The molecule has 0 saturated carbocycles. The highest BCUT2D eigenvalue weighted by Gasteiger charge is 2.49. The number of hydrogen-bond donors (Lipinski definition) is 1. The van der Waals surface area contributed by atoms with Crippen molar-refractivity contribution in [2.75, 3.05) is 36.2 Å². The number of fused-ring (bicyclic) bond motifs is 12. The van der Waals surface area contributed by atoms with Gasteiger partial charge in [0, 0.05) is 69.8 Å². The molecule has 6 aliphatic rings. The fourth-order valence-electron chi connectivity index (χ4n) is 12.7. The van der Waals surface area contributed by atoms with E-state index in [1.165, 1.54) is 10.9 Å². The Kier molecular flexibility index (Phi) is 8.93. The number of benzene rings is 9. The van der Waals surface area contributed by atoms with E-state index in [4.69, 9.17) is 4.74 Å². The molecular formula is C59H35B3N8OS2. The molecule has 0 unspecified atom stereocenters. The second kappa shape index (κ2) is 15.6. The third-order valence-corrected chi connectivity index (χ3v) is 17.0. The summed E-state index contributed by atoms with van der Waals surface area (Å²) in [6.45, 7) is -0.601. The SMILES string of the molecule is CSN1c2cc3c(cc2B2c4cc5c(cc4Oc4cc(C#N)cc1c42)N(SC)c1cc(C#N)cc2c1B5c1ccccc1N2c1ccccc1)B1c2ccccc2N(c2ccccc2)c2cc(C#N)cc(c21)N3. The molecule has 15 rings (SSSR count). The first-order chi connectivity index (χ1) is 36.0. The number of rotatable bonds is 4. The molecule has 73 heavy (non-hydrogen) atoms. The lowest BCUT2D eigenvalue weighted by Crippen LogP contribution is -2.65. The fourth-order valence-corrected chi connectivity index (χ4v) is 14.1. The number of para-hydroxylation sites is 4. The Morgan fingerprint density at radius 1 is 0.397 bits per heavy atom. The number of anilines is 12. The third-order valence-electron chi connectivity index (χ3n) is 15.5. The second-order valence-electron chi connectivity index (χ2n) is 19.0. The maximum absolute atomic E-state index is 10.6. The van der Waals surface area contributed by atoms with Crippen LogP contribution in [0.1, 0.15) is 16.7 Å². The lowest BCUT2D eigenvalue weighted by molar-refractivity contribution is 0.487. The lowest BCUT2D eigenvalue weighted by atomic mass is 9.29. The van der Waals surface area contributed by atoms with Gasteiger partial charge in [0.15, 0.2) is 0 Å². The Hall–Kier alpha value is -8.86. The molecule has 14 heteroatoms. The minimum Gasteiger partial charge on any atom is -0.458 e. The Morgan fingerprint density at radius 3 is 1.48 bits per heavy atom. The summed E-state index contributed by atoms with van der Waals surface area (Å²) in [6.07, 6.45) is 4.16. The van der Waals surface area contributed by atoms with Gasteiger partial charge in [-0.3, -0.25) is 8.61 Å². The molecular weight excluding hydrogens is 933 g/mol. The molecule has 0 amide bonds. The van der Waals surface area contributed by atoms with Gasteiger partial charge < -0.3 is 19.9 Å². The van der Waals surface area contributed by atoms with Crippen LogP contribution >= 0.6 is 23.9 Å². The first-order valence-electron chi connectivity index (χ1n) is 24.1. The molecule has 1 N–H and O–H groups in total. The molecule has 0 fully saturated rings. The molecule has 6 aliphatic heterocycles. The van der Waals surface area contributed by atoms with Crippen LogP contribution in [0.15, 0.2) is 170 Å². The van der Waals surface area contributed by atoms with E-state index in [1.54, 1.807) is 23.9 Å². The van der Waals surface area contributed by atoms with Gasteiger partial charge in [0.25, 0.3) is 20.1 Å². The van der Waals surface area contributed by atoms with Crippen LogP contribution in [0.4, 0.5) is 68.2 Å². The Morgan fingerprint density at radius 2 is 0.877 bits per heavy atom. The summed E-state index contributed by atoms with van der Waals surface area (Å²) in [5.74, 6) is 1.39. The Balaban J connectivity index is 0.986. The van der Waals surface area contributed by atoms with Crippen molar-refractivity contribution < 1.29 is 4.74 Å². The molecule has 6 heterocycles. The zero-order valence-corrected chi connectivity index (χ0v) is 40.9. The molecule has 0 saturated heterocycles. The summed E-state index contributed by atoms with van der Waals surface area (Å²) in [6, 6.07) is 66.9. The van der Waals surface area contributed by atoms with E-state index in [9.17, 15) is 15.8 Å². The summed E-state index contributed by atoms with van der Waals surface area (Å²) >= 11 is 3.22. The van der Waals surface area contributed by atoms with Gasteiger partial charge in [-0.1, -0.05) is 84.9 Å². The molecule has 9 aromatic rings. The van der Waals surface area contributed by atoms with E-state index < -0.39 is 0 Å². The van der Waals surface area contributed by atoms with Gasteiger partial charge in [-0.05, 0) is 152 Å². The summed E-state index contributed by atoms with van der Waals surface area (Å²) < 4.78 is 11.6. The third kappa shape index (κ3) is 5.72. The number of nitriles is 3. The Labute approximate surface area is 432 Å². The molecule has 0 aromatic heterocycles. The van der Waals surface area contributed by atoms with Gasteiger partial charge in [-0.15, -0.1) is 0 Å². The molecule has 9 nitrogen and oxygen atoms in total. The number of hydrogen-bond acceptors (Lipinski definition) is 11. The van der Waals surface area contributed by atoms with Crippen LogP contribution in [0.2, 0.25) is 0 Å². The average molecular weight is 969 g/mol.